The van der Waals surface area contributed by atoms with E-state index in [9.17, 15) is 9.59 Å². The molecule has 1 aliphatic rings. The number of anilines is 2. The van der Waals surface area contributed by atoms with Gasteiger partial charge in [-0.2, -0.15) is 0 Å². The maximum atomic E-state index is 13.7. The molecule has 4 aromatic rings. The van der Waals surface area contributed by atoms with Crippen LogP contribution < -0.4 is 15.0 Å². The lowest BCUT2D eigenvalue weighted by atomic mass is 10.2. The normalized spacial score (nSPS) is 15.0. The number of halogens is 3. The monoisotopic (exact) mass is 665 g/mol. The van der Waals surface area contributed by atoms with Crippen LogP contribution in [-0.2, 0) is 9.59 Å². The number of aryl methyl sites for hydroxylation is 1. The van der Waals surface area contributed by atoms with Gasteiger partial charge in [0.15, 0.2) is 11.8 Å². The molecule has 1 heterocycles. The second-order valence-corrected chi connectivity index (χ2v) is 11.8. The molecule has 0 aliphatic carbocycles. The predicted octanol–water partition coefficient (Wildman–Crippen LogP) is 8.89. The van der Waals surface area contributed by atoms with Crippen LogP contribution in [0.5, 0.6) is 5.75 Å². The highest BCUT2D eigenvalue weighted by atomic mass is 79.9. The summed E-state index contributed by atoms with van der Waals surface area (Å²) >= 11 is 16.9. The molecule has 6 nitrogen and oxygen atoms in total. The average molecular weight is 667 g/mol. The zero-order valence-electron chi connectivity index (χ0n) is 21.6. The number of rotatable bonds is 7. The first-order valence-electron chi connectivity index (χ1n) is 12.4. The van der Waals surface area contributed by atoms with Gasteiger partial charge in [-0.1, -0.05) is 51.3 Å². The number of ether oxygens (including phenoxy) is 1. The summed E-state index contributed by atoms with van der Waals surface area (Å²) in [5.74, 6) is -0.0995. The summed E-state index contributed by atoms with van der Waals surface area (Å²) in [4.78, 5) is 33.0. The highest BCUT2D eigenvalue weighted by molar-refractivity contribution is 9.10. The van der Waals surface area contributed by atoms with E-state index in [1.165, 1.54) is 16.7 Å². The first-order chi connectivity index (χ1) is 19.7. The number of amides is 2. The average Bonchev–Trinajstić information content (AvgIpc) is 3.24. The third-order valence-corrected chi connectivity index (χ3v) is 7.83. The largest absolute Gasteiger partial charge is 0.483 e. The minimum atomic E-state index is -0.297. The summed E-state index contributed by atoms with van der Waals surface area (Å²) < 4.78 is 6.68. The third-order valence-electron chi connectivity index (χ3n) is 5.86. The van der Waals surface area contributed by atoms with Crippen LogP contribution in [0.4, 0.5) is 17.1 Å². The van der Waals surface area contributed by atoms with Crippen molar-refractivity contribution < 1.29 is 14.3 Å². The van der Waals surface area contributed by atoms with Crippen molar-refractivity contribution in [1.29, 1.82) is 0 Å². The molecule has 1 N–H and O–H groups in total. The molecule has 0 aromatic heterocycles. The van der Waals surface area contributed by atoms with Crippen molar-refractivity contribution >= 4 is 91.0 Å². The number of nitrogens with one attached hydrogen (secondary N) is 1. The molecular formula is C31H22BrCl2N3O3S. The molecule has 0 unspecified atom stereocenters. The highest BCUT2D eigenvalue weighted by Gasteiger charge is 2.35. The van der Waals surface area contributed by atoms with Gasteiger partial charge in [-0.15, -0.1) is 0 Å². The Hall–Kier alpha value is -3.56. The van der Waals surface area contributed by atoms with Crippen molar-refractivity contribution in [2.24, 2.45) is 4.99 Å². The number of hydrogen-bond donors (Lipinski definition) is 1. The van der Waals surface area contributed by atoms with E-state index in [4.69, 9.17) is 32.9 Å². The lowest BCUT2D eigenvalue weighted by Crippen LogP contribution is -2.28. The molecule has 1 fully saturated rings. The fraction of sp³-hybridized carbons (Fsp3) is 0.0645. The second-order valence-electron chi connectivity index (χ2n) is 8.99. The Bertz CT molecular complexity index is 1680. The lowest BCUT2D eigenvalue weighted by Gasteiger charge is -2.15. The Morgan fingerprint density at radius 3 is 2.41 bits per heavy atom. The number of carbonyl (C=O) groups excluding carboxylic acids is 2. The topological polar surface area (TPSA) is 71.0 Å². The first-order valence-corrected chi connectivity index (χ1v) is 14.7. The minimum absolute atomic E-state index is 0.201. The SMILES string of the molecule is Cc1cccc(NC(=O)COc2ccc(Br)cc2/C=C2\SC(=Nc3ccc(Cl)cc3)N(c3ccc(Cl)cc3)C2=O)c1. The quantitative estimate of drug-likeness (QED) is 0.200. The van der Waals surface area contributed by atoms with Gasteiger partial charge in [-0.25, -0.2) is 4.99 Å². The maximum Gasteiger partial charge on any atom is 0.271 e. The van der Waals surface area contributed by atoms with Gasteiger partial charge in [-0.05, 0) is 109 Å². The van der Waals surface area contributed by atoms with Gasteiger partial charge in [0.1, 0.15) is 5.75 Å². The smallest absolute Gasteiger partial charge is 0.271 e. The molecule has 0 spiro atoms. The molecular weight excluding hydrogens is 645 g/mol. The Morgan fingerprint density at radius 1 is 1.00 bits per heavy atom. The predicted molar refractivity (Wildman–Crippen MR) is 172 cm³/mol. The zero-order valence-corrected chi connectivity index (χ0v) is 25.5. The number of benzene rings is 4. The van der Waals surface area contributed by atoms with Crippen LogP contribution in [0.2, 0.25) is 10.0 Å². The second kappa shape index (κ2) is 13.0. The Morgan fingerprint density at radius 2 is 1.71 bits per heavy atom. The summed E-state index contributed by atoms with van der Waals surface area (Å²) in [7, 11) is 0. The molecule has 5 rings (SSSR count). The van der Waals surface area contributed by atoms with Crippen molar-refractivity contribution in [3.8, 4) is 5.75 Å². The summed E-state index contributed by atoms with van der Waals surface area (Å²) in [6, 6.07) is 26.9. The van der Waals surface area contributed by atoms with Gasteiger partial charge in [0.05, 0.1) is 16.3 Å². The molecule has 1 saturated heterocycles. The number of thioether (sulfide) groups is 1. The van der Waals surface area contributed by atoms with Crippen LogP contribution in [-0.4, -0.2) is 23.6 Å². The molecule has 0 radical (unpaired) electrons. The molecule has 4 aromatic carbocycles. The lowest BCUT2D eigenvalue weighted by molar-refractivity contribution is -0.118. The van der Waals surface area contributed by atoms with E-state index in [2.05, 4.69) is 21.2 Å². The molecule has 0 saturated carbocycles. The summed E-state index contributed by atoms with van der Waals surface area (Å²) in [6.45, 7) is 1.75. The number of amidine groups is 1. The molecule has 2 amide bonds. The fourth-order valence-electron chi connectivity index (χ4n) is 3.96. The molecule has 10 heteroatoms. The minimum Gasteiger partial charge on any atom is -0.483 e. The van der Waals surface area contributed by atoms with E-state index >= 15 is 0 Å². The standard InChI is InChI=1S/C31H22BrCl2N3O3S/c1-19-3-2-4-25(15-19)35-29(38)18-40-27-14-5-21(32)16-20(27)17-28-30(39)37(26-12-8-23(34)9-13-26)31(41-28)36-24-10-6-22(33)7-11-24/h2-17H,18H2,1H3,(H,35,38)/b28-17-,36-31?. The van der Waals surface area contributed by atoms with Gasteiger partial charge < -0.3 is 10.1 Å². The molecule has 0 atom stereocenters. The molecule has 41 heavy (non-hydrogen) atoms. The van der Waals surface area contributed by atoms with Crippen molar-refractivity contribution in [1.82, 2.24) is 0 Å². The summed E-state index contributed by atoms with van der Waals surface area (Å²) in [5, 5.41) is 4.46. The van der Waals surface area contributed by atoms with E-state index in [1.807, 2.05) is 43.3 Å². The van der Waals surface area contributed by atoms with Gasteiger partial charge in [0, 0.05) is 25.8 Å². The summed E-state index contributed by atoms with van der Waals surface area (Å²) in [5.41, 5.74) is 3.63. The van der Waals surface area contributed by atoms with Crippen LogP contribution in [0.15, 0.2) is 105 Å². The van der Waals surface area contributed by atoms with Gasteiger partial charge in [-0.3, -0.25) is 14.5 Å². The van der Waals surface area contributed by atoms with Crippen LogP contribution in [0.3, 0.4) is 0 Å². The Labute approximate surface area is 260 Å². The number of nitrogens with zero attached hydrogens (tertiary/aromatic N) is 2. The van der Waals surface area contributed by atoms with Crippen LogP contribution in [0, 0.1) is 6.92 Å². The van der Waals surface area contributed by atoms with Crippen LogP contribution in [0.1, 0.15) is 11.1 Å². The van der Waals surface area contributed by atoms with Crippen molar-refractivity contribution in [3.05, 3.63) is 122 Å². The molecule has 206 valence electrons. The number of carbonyl (C=O) groups is 2. The van der Waals surface area contributed by atoms with Gasteiger partial charge in [0.2, 0.25) is 0 Å². The third kappa shape index (κ3) is 7.40. The summed E-state index contributed by atoms with van der Waals surface area (Å²) in [6.07, 6.45) is 1.73. The fourth-order valence-corrected chi connectivity index (χ4v) is 5.58. The van der Waals surface area contributed by atoms with E-state index in [-0.39, 0.29) is 18.4 Å². The Kier molecular flexibility index (Phi) is 9.15. The maximum absolute atomic E-state index is 13.7. The van der Waals surface area contributed by atoms with Crippen molar-refractivity contribution in [2.45, 2.75) is 6.92 Å². The molecule has 0 bridgehead atoms. The number of aliphatic imine (C=N–C) groups is 1. The zero-order chi connectivity index (χ0) is 28.9. The molecule has 1 aliphatic heterocycles. The highest BCUT2D eigenvalue weighted by Crippen LogP contribution is 2.39. The van der Waals surface area contributed by atoms with Gasteiger partial charge >= 0.3 is 0 Å². The first kappa shape index (κ1) is 29.0. The van der Waals surface area contributed by atoms with E-state index in [0.717, 1.165) is 10.0 Å². The van der Waals surface area contributed by atoms with E-state index in [0.29, 0.717) is 48.5 Å². The van der Waals surface area contributed by atoms with Gasteiger partial charge in [0.25, 0.3) is 11.8 Å². The van der Waals surface area contributed by atoms with Crippen LogP contribution in [0.25, 0.3) is 6.08 Å². The van der Waals surface area contributed by atoms with E-state index in [1.54, 1.807) is 60.7 Å². The van der Waals surface area contributed by atoms with Crippen LogP contribution >= 0.6 is 50.9 Å². The van der Waals surface area contributed by atoms with Crippen molar-refractivity contribution in [2.75, 3.05) is 16.8 Å². The van der Waals surface area contributed by atoms with Crippen molar-refractivity contribution in [3.63, 3.8) is 0 Å². The Balaban J connectivity index is 1.43. The number of hydrogen-bond acceptors (Lipinski definition) is 5. The van der Waals surface area contributed by atoms with E-state index < -0.39 is 0 Å².